The molecule has 0 spiro atoms. The van der Waals surface area contributed by atoms with Crippen LogP contribution in [0.4, 0.5) is 4.39 Å². The van der Waals surface area contributed by atoms with E-state index < -0.39 is 0 Å². The van der Waals surface area contributed by atoms with E-state index >= 15 is 0 Å². The summed E-state index contributed by atoms with van der Waals surface area (Å²) >= 11 is 1.61. The van der Waals surface area contributed by atoms with Crippen LogP contribution in [0, 0.1) is 17.7 Å². The summed E-state index contributed by atoms with van der Waals surface area (Å²) in [4.78, 5) is 4.36. The first kappa shape index (κ1) is 16.1. The molecule has 2 rings (SSSR count). The standard InChI is InChI=1S/C17H23FN2S/c1-13(2)9-19-10-14(8-16-11-21-12-20-16)7-15-5-3-4-6-17(15)18/h3-6,11-14,19H,7-10H2,1-2H3. The summed E-state index contributed by atoms with van der Waals surface area (Å²) in [5.74, 6) is 0.880. The van der Waals surface area contributed by atoms with Crippen LogP contribution >= 0.6 is 11.3 Å². The average molecular weight is 306 g/mol. The minimum Gasteiger partial charge on any atom is -0.316 e. The highest BCUT2D eigenvalue weighted by atomic mass is 32.1. The molecule has 0 saturated carbocycles. The fourth-order valence-electron chi connectivity index (χ4n) is 2.40. The number of aromatic nitrogens is 1. The van der Waals surface area contributed by atoms with E-state index in [0.717, 1.165) is 37.2 Å². The molecule has 21 heavy (non-hydrogen) atoms. The van der Waals surface area contributed by atoms with Gasteiger partial charge in [0.15, 0.2) is 0 Å². The third-order valence-electron chi connectivity index (χ3n) is 3.43. The van der Waals surface area contributed by atoms with E-state index in [9.17, 15) is 4.39 Å². The fourth-order valence-corrected chi connectivity index (χ4v) is 2.97. The molecule has 1 aromatic heterocycles. The zero-order chi connectivity index (χ0) is 15.1. The molecule has 1 unspecified atom stereocenters. The third kappa shape index (κ3) is 5.56. The maximum Gasteiger partial charge on any atom is 0.126 e. The van der Waals surface area contributed by atoms with Crippen molar-refractivity contribution in [2.75, 3.05) is 13.1 Å². The van der Waals surface area contributed by atoms with Gasteiger partial charge >= 0.3 is 0 Å². The van der Waals surface area contributed by atoms with Crippen molar-refractivity contribution in [3.63, 3.8) is 0 Å². The van der Waals surface area contributed by atoms with E-state index in [1.54, 1.807) is 17.4 Å². The largest absolute Gasteiger partial charge is 0.316 e. The van der Waals surface area contributed by atoms with Crippen LogP contribution in [0.5, 0.6) is 0 Å². The Hall–Kier alpha value is -1.26. The Morgan fingerprint density at radius 2 is 2.00 bits per heavy atom. The van der Waals surface area contributed by atoms with Gasteiger partial charge < -0.3 is 5.32 Å². The number of thiazole rings is 1. The van der Waals surface area contributed by atoms with Crippen molar-refractivity contribution in [2.24, 2.45) is 11.8 Å². The van der Waals surface area contributed by atoms with Gasteiger partial charge in [-0.1, -0.05) is 32.0 Å². The topological polar surface area (TPSA) is 24.9 Å². The van der Waals surface area contributed by atoms with Crippen molar-refractivity contribution >= 4 is 11.3 Å². The summed E-state index contributed by atoms with van der Waals surface area (Å²) in [6.07, 6.45) is 1.64. The number of nitrogens with zero attached hydrogens (tertiary/aromatic N) is 1. The predicted octanol–water partition coefficient (Wildman–Crippen LogP) is 3.93. The predicted molar refractivity (Wildman–Crippen MR) is 87.1 cm³/mol. The minimum absolute atomic E-state index is 0.107. The van der Waals surface area contributed by atoms with Crippen LogP contribution < -0.4 is 5.32 Å². The molecule has 2 nitrogen and oxygen atoms in total. The van der Waals surface area contributed by atoms with E-state index in [2.05, 4.69) is 29.5 Å². The monoisotopic (exact) mass is 306 g/mol. The van der Waals surface area contributed by atoms with Crippen molar-refractivity contribution in [3.8, 4) is 0 Å². The normalized spacial score (nSPS) is 12.8. The van der Waals surface area contributed by atoms with Gasteiger partial charge in [-0.25, -0.2) is 9.37 Å². The van der Waals surface area contributed by atoms with E-state index in [0.29, 0.717) is 11.8 Å². The van der Waals surface area contributed by atoms with Crippen LogP contribution in [0.2, 0.25) is 0 Å². The van der Waals surface area contributed by atoms with Gasteiger partial charge in [0.25, 0.3) is 0 Å². The van der Waals surface area contributed by atoms with Crippen molar-refractivity contribution < 1.29 is 4.39 Å². The van der Waals surface area contributed by atoms with Crippen LogP contribution in [0.25, 0.3) is 0 Å². The highest BCUT2D eigenvalue weighted by Gasteiger charge is 2.14. The van der Waals surface area contributed by atoms with Gasteiger partial charge in [-0.2, -0.15) is 0 Å². The molecule has 1 heterocycles. The molecule has 4 heteroatoms. The first-order valence-corrected chi connectivity index (χ1v) is 8.40. The number of rotatable bonds is 8. The SMILES string of the molecule is CC(C)CNCC(Cc1cscn1)Cc1ccccc1F. The zero-order valence-corrected chi connectivity index (χ0v) is 13.5. The average Bonchev–Trinajstić information content (AvgIpc) is 2.93. The van der Waals surface area contributed by atoms with Crippen molar-refractivity contribution in [2.45, 2.75) is 26.7 Å². The Kier molecular flexibility index (Phi) is 6.33. The lowest BCUT2D eigenvalue weighted by Gasteiger charge is -2.18. The summed E-state index contributed by atoms with van der Waals surface area (Å²) < 4.78 is 13.8. The number of benzene rings is 1. The first-order chi connectivity index (χ1) is 10.1. The summed E-state index contributed by atoms with van der Waals surface area (Å²) in [6, 6.07) is 7.06. The molecule has 0 aliphatic heterocycles. The Balaban J connectivity index is 1.98. The molecular formula is C17H23FN2S. The first-order valence-electron chi connectivity index (χ1n) is 7.46. The van der Waals surface area contributed by atoms with Crippen molar-refractivity contribution in [1.29, 1.82) is 0 Å². The zero-order valence-electron chi connectivity index (χ0n) is 12.7. The maximum atomic E-state index is 13.8. The Morgan fingerprint density at radius 1 is 1.19 bits per heavy atom. The van der Waals surface area contributed by atoms with Crippen LogP contribution in [0.15, 0.2) is 35.2 Å². The molecule has 0 fully saturated rings. The second-order valence-corrected chi connectivity index (χ2v) is 6.62. The van der Waals surface area contributed by atoms with Crippen LogP contribution in [-0.4, -0.2) is 18.1 Å². The second-order valence-electron chi connectivity index (χ2n) is 5.90. The lowest BCUT2D eigenvalue weighted by Crippen LogP contribution is -2.29. The van der Waals surface area contributed by atoms with E-state index in [1.165, 1.54) is 6.07 Å². The Labute approximate surface area is 130 Å². The molecule has 0 aliphatic carbocycles. The van der Waals surface area contributed by atoms with Gasteiger partial charge in [-0.15, -0.1) is 11.3 Å². The van der Waals surface area contributed by atoms with Crippen molar-refractivity contribution in [3.05, 3.63) is 52.2 Å². The van der Waals surface area contributed by atoms with Gasteiger partial charge in [0.2, 0.25) is 0 Å². The van der Waals surface area contributed by atoms with Gasteiger partial charge in [0.05, 0.1) is 11.2 Å². The van der Waals surface area contributed by atoms with Gasteiger partial charge in [-0.05, 0) is 49.4 Å². The third-order valence-corrected chi connectivity index (χ3v) is 4.07. The fraction of sp³-hybridized carbons (Fsp3) is 0.471. The van der Waals surface area contributed by atoms with Crippen LogP contribution in [0.1, 0.15) is 25.1 Å². The van der Waals surface area contributed by atoms with E-state index in [-0.39, 0.29) is 5.82 Å². The number of nitrogens with one attached hydrogen (secondary N) is 1. The number of halogens is 1. The molecule has 0 radical (unpaired) electrons. The molecule has 1 aromatic carbocycles. The maximum absolute atomic E-state index is 13.8. The summed E-state index contributed by atoms with van der Waals surface area (Å²) in [7, 11) is 0. The Morgan fingerprint density at radius 3 is 2.67 bits per heavy atom. The summed E-state index contributed by atoms with van der Waals surface area (Å²) in [6.45, 7) is 6.27. The smallest absolute Gasteiger partial charge is 0.126 e. The van der Waals surface area contributed by atoms with Gasteiger partial charge in [0, 0.05) is 5.38 Å². The summed E-state index contributed by atoms with van der Waals surface area (Å²) in [5.41, 5.74) is 3.76. The molecule has 0 aliphatic rings. The van der Waals surface area contributed by atoms with Crippen molar-refractivity contribution in [1.82, 2.24) is 10.3 Å². The summed E-state index contributed by atoms with van der Waals surface area (Å²) in [5, 5.41) is 5.57. The van der Waals surface area contributed by atoms with Crippen LogP contribution in [0.3, 0.4) is 0 Å². The molecule has 0 bridgehead atoms. The number of hydrogen-bond donors (Lipinski definition) is 1. The van der Waals surface area contributed by atoms with Gasteiger partial charge in [-0.3, -0.25) is 0 Å². The highest BCUT2D eigenvalue weighted by Crippen LogP contribution is 2.17. The lowest BCUT2D eigenvalue weighted by atomic mass is 9.94. The molecule has 1 atom stereocenters. The van der Waals surface area contributed by atoms with Gasteiger partial charge in [0.1, 0.15) is 5.82 Å². The molecule has 2 aromatic rings. The van der Waals surface area contributed by atoms with E-state index in [4.69, 9.17) is 0 Å². The molecule has 0 saturated heterocycles. The number of hydrogen-bond acceptors (Lipinski definition) is 3. The van der Waals surface area contributed by atoms with E-state index in [1.807, 2.05) is 17.6 Å². The molecule has 0 amide bonds. The van der Waals surface area contributed by atoms with Crippen LogP contribution in [-0.2, 0) is 12.8 Å². The lowest BCUT2D eigenvalue weighted by molar-refractivity contribution is 0.436. The molecule has 114 valence electrons. The Bertz CT molecular complexity index is 525. The second kappa shape index (κ2) is 8.25. The molecular weight excluding hydrogens is 283 g/mol. The highest BCUT2D eigenvalue weighted by molar-refractivity contribution is 7.07. The minimum atomic E-state index is -0.107. The molecule has 1 N–H and O–H groups in total. The quantitative estimate of drug-likeness (QED) is 0.799.